The molecule has 1 heterocycles. The summed E-state index contributed by atoms with van der Waals surface area (Å²) in [5.41, 5.74) is 0.995. The predicted molar refractivity (Wildman–Crippen MR) is 96.1 cm³/mol. The number of amides is 2. The molecule has 0 saturated carbocycles. The Morgan fingerprint density at radius 3 is 2.71 bits per heavy atom. The number of likely N-dealkylation sites (N-methyl/N-ethyl adjacent to an activating group) is 1. The van der Waals surface area contributed by atoms with Crippen LogP contribution in [0.2, 0.25) is 0 Å². The minimum Gasteiger partial charge on any atom is -0.355 e. The van der Waals surface area contributed by atoms with Crippen molar-refractivity contribution >= 4 is 33.4 Å². The highest BCUT2D eigenvalue weighted by Gasteiger charge is 2.22. The topological polar surface area (TPSA) is 75.5 Å². The van der Waals surface area contributed by atoms with Gasteiger partial charge in [0.2, 0.25) is 5.91 Å². The lowest BCUT2D eigenvalue weighted by atomic mass is 10.3. The molecule has 0 bridgehead atoms. The van der Waals surface area contributed by atoms with Gasteiger partial charge in [0.05, 0.1) is 23.8 Å². The van der Waals surface area contributed by atoms with E-state index in [1.807, 2.05) is 32.2 Å². The van der Waals surface area contributed by atoms with Gasteiger partial charge in [-0.05, 0) is 25.5 Å². The van der Waals surface area contributed by atoms with Crippen LogP contribution in [0.1, 0.15) is 31.3 Å². The molecule has 0 aliphatic carbocycles. The number of aromatic nitrogens is 1. The van der Waals surface area contributed by atoms with Crippen molar-refractivity contribution in [3.8, 4) is 0 Å². The molecule has 2 aromatic rings. The lowest BCUT2D eigenvalue weighted by Crippen LogP contribution is -3.10. The van der Waals surface area contributed by atoms with Gasteiger partial charge in [-0.15, -0.1) is 11.3 Å². The number of nitrogens with one attached hydrogen (secondary N) is 3. The molecule has 3 N–H and O–H groups in total. The van der Waals surface area contributed by atoms with Gasteiger partial charge >= 0.3 is 0 Å². The summed E-state index contributed by atoms with van der Waals surface area (Å²) in [5.74, 6) is -0.283. The second-order valence-electron chi connectivity index (χ2n) is 5.89. The van der Waals surface area contributed by atoms with Crippen molar-refractivity contribution in [1.82, 2.24) is 15.6 Å². The first kappa shape index (κ1) is 18.4. The molecule has 1 unspecified atom stereocenters. The minimum atomic E-state index is -0.151. The van der Waals surface area contributed by atoms with Crippen LogP contribution in [0, 0.1) is 0 Å². The Morgan fingerprint density at radius 2 is 2.00 bits per heavy atom. The predicted octanol–water partition coefficient (Wildman–Crippen LogP) is 0.514. The Bertz CT molecular complexity index is 668. The lowest BCUT2D eigenvalue weighted by Gasteiger charge is -2.19. The van der Waals surface area contributed by atoms with Crippen LogP contribution >= 0.6 is 11.3 Å². The summed E-state index contributed by atoms with van der Waals surface area (Å²) >= 11 is 1.66. The van der Waals surface area contributed by atoms with Crippen LogP contribution in [0.15, 0.2) is 24.3 Å². The zero-order chi connectivity index (χ0) is 17.5. The van der Waals surface area contributed by atoms with Gasteiger partial charge in [-0.2, -0.15) is 0 Å². The van der Waals surface area contributed by atoms with Gasteiger partial charge in [0.15, 0.2) is 11.6 Å². The van der Waals surface area contributed by atoms with Gasteiger partial charge in [0.25, 0.3) is 5.91 Å². The van der Waals surface area contributed by atoms with Gasteiger partial charge in [0, 0.05) is 6.54 Å². The summed E-state index contributed by atoms with van der Waals surface area (Å²) in [5, 5.41) is 6.42. The van der Waals surface area contributed by atoms with Crippen LogP contribution in [0.3, 0.4) is 0 Å². The molecule has 130 valence electrons. The highest BCUT2D eigenvalue weighted by molar-refractivity contribution is 7.18. The number of para-hydroxylation sites is 1. The number of benzene rings is 1. The van der Waals surface area contributed by atoms with Crippen molar-refractivity contribution in [1.29, 1.82) is 0 Å². The van der Waals surface area contributed by atoms with E-state index < -0.39 is 0 Å². The monoisotopic (exact) mass is 349 g/mol. The molecule has 24 heavy (non-hydrogen) atoms. The zero-order valence-corrected chi connectivity index (χ0v) is 15.2. The lowest BCUT2D eigenvalue weighted by molar-refractivity contribution is -0.902. The van der Waals surface area contributed by atoms with Gasteiger partial charge < -0.3 is 15.5 Å². The number of carbonyl (C=O) groups excluding carboxylic acids is 2. The molecule has 0 aliphatic rings. The van der Waals surface area contributed by atoms with E-state index in [1.54, 1.807) is 11.3 Å². The smallest absolute Gasteiger partial charge is 0.275 e. The third-order valence-electron chi connectivity index (χ3n) is 3.88. The number of quaternary nitrogens is 1. The molecule has 7 heteroatoms. The standard InChI is InChI=1S/C17H24N4O2S/c1-4-9-18-15(22)10-19-16(23)11-21(3)12(2)17-20-13-7-5-6-8-14(13)24-17/h5-8,12H,4,9-11H2,1-3H3,(H,18,22)(H,19,23)/p+1/t12-/m1/s1. The van der Waals surface area contributed by atoms with E-state index >= 15 is 0 Å². The Morgan fingerprint density at radius 1 is 1.25 bits per heavy atom. The molecule has 0 spiro atoms. The number of rotatable bonds is 8. The first-order valence-corrected chi connectivity index (χ1v) is 9.04. The molecule has 2 amide bonds. The first-order chi connectivity index (χ1) is 11.5. The Balaban J connectivity index is 1.85. The van der Waals surface area contributed by atoms with Crippen LogP contribution in [0.4, 0.5) is 0 Å². The summed E-state index contributed by atoms with van der Waals surface area (Å²) in [6.07, 6.45) is 0.881. The van der Waals surface area contributed by atoms with Gasteiger partial charge in [0.1, 0.15) is 6.04 Å². The number of thiazole rings is 1. The molecule has 0 fully saturated rings. The van der Waals surface area contributed by atoms with Crippen molar-refractivity contribution in [2.24, 2.45) is 0 Å². The summed E-state index contributed by atoms with van der Waals surface area (Å²) in [4.78, 5) is 29.2. The van der Waals surface area contributed by atoms with Crippen molar-refractivity contribution in [2.45, 2.75) is 26.3 Å². The second kappa shape index (κ2) is 8.75. The van der Waals surface area contributed by atoms with E-state index in [2.05, 4.69) is 28.6 Å². The van der Waals surface area contributed by atoms with E-state index in [0.29, 0.717) is 13.1 Å². The summed E-state index contributed by atoms with van der Waals surface area (Å²) < 4.78 is 1.16. The molecular formula is C17H25N4O2S+. The SMILES string of the molecule is CCCNC(=O)CNC(=O)C[NH+](C)[C@H](C)c1nc2ccccc2s1. The van der Waals surface area contributed by atoms with Crippen LogP contribution in [-0.4, -0.2) is 43.5 Å². The highest BCUT2D eigenvalue weighted by Crippen LogP contribution is 2.24. The quantitative estimate of drug-likeness (QED) is 0.650. The first-order valence-electron chi connectivity index (χ1n) is 8.22. The molecule has 0 saturated heterocycles. The molecule has 2 rings (SSSR count). The van der Waals surface area contributed by atoms with Crippen LogP contribution in [0.5, 0.6) is 0 Å². The highest BCUT2D eigenvalue weighted by atomic mass is 32.1. The van der Waals surface area contributed by atoms with Crippen molar-refractivity contribution in [2.75, 3.05) is 26.7 Å². The number of fused-ring (bicyclic) bond motifs is 1. The Hall–Kier alpha value is -1.99. The van der Waals surface area contributed by atoms with Crippen molar-refractivity contribution in [3.63, 3.8) is 0 Å². The van der Waals surface area contributed by atoms with E-state index in [4.69, 9.17) is 0 Å². The average molecular weight is 349 g/mol. The molecule has 1 aromatic carbocycles. The number of hydrogen-bond donors (Lipinski definition) is 3. The Kier molecular flexibility index (Phi) is 6.69. The van der Waals surface area contributed by atoms with E-state index in [9.17, 15) is 9.59 Å². The van der Waals surface area contributed by atoms with Crippen LogP contribution in [-0.2, 0) is 9.59 Å². The fourth-order valence-corrected chi connectivity index (χ4v) is 3.37. The van der Waals surface area contributed by atoms with Crippen LogP contribution < -0.4 is 15.5 Å². The number of carbonyl (C=O) groups is 2. The average Bonchev–Trinajstić information content (AvgIpc) is 3.01. The van der Waals surface area contributed by atoms with E-state index in [0.717, 1.165) is 26.5 Å². The normalized spacial score (nSPS) is 13.5. The van der Waals surface area contributed by atoms with Gasteiger partial charge in [-0.25, -0.2) is 4.98 Å². The Labute approximate surface area is 146 Å². The fourth-order valence-electron chi connectivity index (χ4n) is 2.26. The van der Waals surface area contributed by atoms with Crippen molar-refractivity contribution < 1.29 is 14.5 Å². The van der Waals surface area contributed by atoms with Gasteiger partial charge in [-0.1, -0.05) is 19.1 Å². The molecule has 1 aromatic heterocycles. The molecule has 6 nitrogen and oxygen atoms in total. The molecule has 0 radical (unpaired) electrons. The second-order valence-corrected chi connectivity index (χ2v) is 6.95. The maximum absolute atomic E-state index is 12.0. The number of nitrogens with zero attached hydrogens (tertiary/aromatic N) is 1. The van der Waals surface area contributed by atoms with E-state index in [-0.39, 0.29) is 24.4 Å². The molecular weight excluding hydrogens is 324 g/mol. The maximum Gasteiger partial charge on any atom is 0.275 e. The van der Waals surface area contributed by atoms with Crippen molar-refractivity contribution in [3.05, 3.63) is 29.3 Å². The summed E-state index contributed by atoms with van der Waals surface area (Å²) in [6, 6.07) is 8.15. The largest absolute Gasteiger partial charge is 0.355 e. The third kappa shape index (κ3) is 5.01. The van der Waals surface area contributed by atoms with Gasteiger partial charge in [-0.3, -0.25) is 9.59 Å². The minimum absolute atomic E-state index is 0.0294. The molecule has 0 aliphatic heterocycles. The summed E-state index contributed by atoms with van der Waals surface area (Å²) in [7, 11) is 1.97. The van der Waals surface area contributed by atoms with E-state index in [1.165, 1.54) is 0 Å². The third-order valence-corrected chi connectivity index (χ3v) is 5.10. The van der Waals surface area contributed by atoms with Crippen LogP contribution in [0.25, 0.3) is 10.2 Å². The number of hydrogen-bond acceptors (Lipinski definition) is 4. The molecule has 2 atom stereocenters. The summed E-state index contributed by atoms with van der Waals surface area (Å²) in [6.45, 7) is 5.02. The fraction of sp³-hybridized carbons (Fsp3) is 0.471. The zero-order valence-electron chi connectivity index (χ0n) is 14.4. The maximum atomic E-state index is 12.0.